The molecule has 0 saturated heterocycles. The van der Waals surface area contributed by atoms with Crippen molar-refractivity contribution in [3.8, 4) is 0 Å². The number of aromatic amines is 2. The Balaban J connectivity index is 1.94. The van der Waals surface area contributed by atoms with E-state index in [0.29, 0.717) is 11.6 Å². The van der Waals surface area contributed by atoms with Crippen molar-refractivity contribution in [3.63, 3.8) is 0 Å². The van der Waals surface area contributed by atoms with Crippen LogP contribution < -0.4 is 0 Å². The quantitative estimate of drug-likeness (QED) is 0.545. The molecule has 0 aliphatic heterocycles. The average molecular weight is 188 g/mol. The lowest BCUT2D eigenvalue weighted by Gasteiger charge is -1.80. The van der Waals surface area contributed by atoms with Crippen LogP contribution in [0.2, 0.25) is 0 Å². The van der Waals surface area contributed by atoms with Crippen LogP contribution in [0.4, 0.5) is 0 Å². The van der Waals surface area contributed by atoms with Crippen LogP contribution in [0.5, 0.6) is 0 Å². The molecule has 0 saturated carbocycles. The molecule has 0 unspecified atom stereocenters. The minimum atomic E-state index is 0.668. The van der Waals surface area contributed by atoms with Gasteiger partial charge in [-0.05, 0) is 0 Å². The molecule has 14 heavy (non-hydrogen) atoms. The summed E-state index contributed by atoms with van der Waals surface area (Å²) in [6.07, 6.45) is 9.79. The Kier molecular flexibility index (Phi) is 2.46. The molecule has 6 nitrogen and oxygen atoms in total. The molecule has 0 aliphatic carbocycles. The van der Waals surface area contributed by atoms with Gasteiger partial charge in [-0.2, -0.15) is 10.2 Å². The zero-order valence-electron chi connectivity index (χ0n) is 7.25. The molecule has 2 aromatic rings. The molecule has 0 atom stereocenters. The molecule has 2 rings (SSSR count). The SMILES string of the molecule is C(=N\N=C\c1ncc[nH]1)/c1ncc[nH]1. The molecule has 0 radical (unpaired) electrons. The summed E-state index contributed by atoms with van der Waals surface area (Å²) in [5.74, 6) is 1.34. The maximum Gasteiger partial charge on any atom is 0.150 e. The number of aromatic nitrogens is 4. The van der Waals surface area contributed by atoms with E-state index in [1.54, 1.807) is 24.8 Å². The van der Waals surface area contributed by atoms with Gasteiger partial charge < -0.3 is 9.97 Å². The maximum atomic E-state index is 3.95. The van der Waals surface area contributed by atoms with Crippen LogP contribution in [0.3, 0.4) is 0 Å². The van der Waals surface area contributed by atoms with Gasteiger partial charge in [-0.15, -0.1) is 0 Å². The Bertz CT molecular complexity index is 368. The van der Waals surface area contributed by atoms with E-state index in [9.17, 15) is 0 Å². The number of nitrogens with zero attached hydrogens (tertiary/aromatic N) is 4. The summed E-state index contributed by atoms with van der Waals surface area (Å²) in [5.41, 5.74) is 0. The first-order chi connectivity index (χ1) is 6.95. The lowest BCUT2D eigenvalue weighted by atomic mass is 10.7. The lowest BCUT2D eigenvalue weighted by molar-refractivity contribution is 1.20. The van der Waals surface area contributed by atoms with Crippen LogP contribution in [0.15, 0.2) is 35.0 Å². The average Bonchev–Trinajstić information content (AvgIpc) is 2.86. The summed E-state index contributed by atoms with van der Waals surface area (Å²) in [6.45, 7) is 0. The maximum absolute atomic E-state index is 3.95. The van der Waals surface area contributed by atoms with Gasteiger partial charge in [-0.25, -0.2) is 9.97 Å². The van der Waals surface area contributed by atoms with E-state index in [2.05, 4.69) is 30.1 Å². The van der Waals surface area contributed by atoms with Gasteiger partial charge in [0.25, 0.3) is 0 Å². The molecule has 70 valence electrons. The normalized spacial score (nSPS) is 11.7. The second-order valence-electron chi connectivity index (χ2n) is 2.44. The van der Waals surface area contributed by atoms with Gasteiger partial charge in [0, 0.05) is 24.8 Å². The number of nitrogens with one attached hydrogen (secondary N) is 2. The summed E-state index contributed by atoms with van der Waals surface area (Å²) in [5, 5.41) is 7.56. The van der Waals surface area contributed by atoms with E-state index in [1.807, 2.05) is 0 Å². The predicted octanol–water partition coefficient (Wildman–Crippen LogP) is 0.586. The highest BCUT2D eigenvalue weighted by Crippen LogP contribution is 1.85. The van der Waals surface area contributed by atoms with Gasteiger partial charge in [0.15, 0.2) is 0 Å². The molecule has 6 heteroatoms. The Morgan fingerprint density at radius 3 is 1.79 bits per heavy atom. The largest absolute Gasteiger partial charge is 0.344 e. The van der Waals surface area contributed by atoms with Crippen LogP contribution in [0.25, 0.3) is 0 Å². The van der Waals surface area contributed by atoms with Crippen molar-refractivity contribution >= 4 is 12.4 Å². The first-order valence-electron chi connectivity index (χ1n) is 4.00. The van der Waals surface area contributed by atoms with Crippen LogP contribution in [-0.2, 0) is 0 Å². The molecule has 2 aromatic heterocycles. The second-order valence-corrected chi connectivity index (χ2v) is 2.44. The summed E-state index contributed by atoms with van der Waals surface area (Å²) in [7, 11) is 0. The molecule has 0 bridgehead atoms. The van der Waals surface area contributed by atoms with Gasteiger partial charge in [-0.3, -0.25) is 0 Å². The Hall–Kier alpha value is -2.24. The molecule has 0 aromatic carbocycles. The van der Waals surface area contributed by atoms with E-state index >= 15 is 0 Å². The standard InChI is InChI=1S/C8H8N6/c1-2-10-7(9-1)5-13-14-6-8-11-3-4-12-8/h1-6H,(H,9,10)(H,11,12)/b13-5+,14-6+. The van der Waals surface area contributed by atoms with Gasteiger partial charge in [0.1, 0.15) is 11.6 Å². The number of rotatable bonds is 3. The van der Waals surface area contributed by atoms with Crippen molar-refractivity contribution < 1.29 is 0 Å². The van der Waals surface area contributed by atoms with Crippen LogP contribution in [0, 0.1) is 0 Å². The van der Waals surface area contributed by atoms with E-state index in [1.165, 1.54) is 12.4 Å². The molecule has 0 fully saturated rings. The Morgan fingerprint density at radius 2 is 1.43 bits per heavy atom. The number of H-pyrrole nitrogens is 2. The lowest BCUT2D eigenvalue weighted by Crippen LogP contribution is -1.84. The number of imidazole rings is 2. The minimum absolute atomic E-state index is 0.668. The zero-order valence-corrected chi connectivity index (χ0v) is 7.25. The summed E-state index contributed by atoms with van der Waals surface area (Å²) >= 11 is 0. The summed E-state index contributed by atoms with van der Waals surface area (Å²) in [4.78, 5) is 13.6. The van der Waals surface area contributed by atoms with E-state index in [0.717, 1.165) is 0 Å². The third-order valence-electron chi connectivity index (χ3n) is 1.47. The highest BCUT2D eigenvalue weighted by molar-refractivity contribution is 5.77. The first kappa shape index (κ1) is 8.36. The monoisotopic (exact) mass is 188 g/mol. The van der Waals surface area contributed by atoms with Crippen molar-refractivity contribution in [1.29, 1.82) is 0 Å². The highest BCUT2D eigenvalue weighted by Gasteiger charge is 1.86. The van der Waals surface area contributed by atoms with Crippen LogP contribution in [0.1, 0.15) is 11.6 Å². The molecule has 0 amide bonds. The van der Waals surface area contributed by atoms with Crippen molar-refractivity contribution in [2.75, 3.05) is 0 Å². The molecule has 0 aliphatic rings. The van der Waals surface area contributed by atoms with Crippen LogP contribution in [-0.4, -0.2) is 32.4 Å². The molecule has 2 heterocycles. The molecule has 2 N–H and O–H groups in total. The number of hydrogen-bond acceptors (Lipinski definition) is 4. The van der Waals surface area contributed by atoms with Gasteiger partial charge in [0.2, 0.25) is 0 Å². The Labute approximate surface area is 79.8 Å². The predicted molar refractivity (Wildman–Crippen MR) is 52.4 cm³/mol. The fraction of sp³-hybridized carbons (Fsp3) is 0. The topological polar surface area (TPSA) is 82.1 Å². The van der Waals surface area contributed by atoms with Crippen LogP contribution >= 0.6 is 0 Å². The van der Waals surface area contributed by atoms with Gasteiger partial charge in [-0.1, -0.05) is 0 Å². The van der Waals surface area contributed by atoms with Crippen molar-refractivity contribution in [3.05, 3.63) is 36.4 Å². The summed E-state index contributed by atoms with van der Waals surface area (Å²) < 4.78 is 0. The zero-order chi connectivity index (χ0) is 9.64. The fourth-order valence-corrected chi connectivity index (χ4v) is 0.872. The molecular formula is C8H8N6. The molecule has 0 spiro atoms. The highest BCUT2D eigenvalue weighted by atomic mass is 15.2. The van der Waals surface area contributed by atoms with Crippen molar-refractivity contribution in [2.24, 2.45) is 10.2 Å². The van der Waals surface area contributed by atoms with Crippen molar-refractivity contribution in [1.82, 2.24) is 19.9 Å². The molecular weight excluding hydrogens is 180 g/mol. The van der Waals surface area contributed by atoms with Crippen molar-refractivity contribution in [2.45, 2.75) is 0 Å². The van der Waals surface area contributed by atoms with Gasteiger partial charge >= 0.3 is 0 Å². The number of hydrogen-bond donors (Lipinski definition) is 2. The van der Waals surface area contributed by atoms with E-state index < -0.39 is 0 Å². The van der Waals surface area contributed by atoms with E-state index in [-0.39, 0.29) is 0 Å². The third kappa shape index (κ3) is 2.13. The van der Waals surface area contributed by atoms with Gasteiger partial charge in [0.05, 0.1) is 12.4 Å². The Morgan fingerprint density at radius 1 is 0.929 bits per heavy atom. The minimum Gasteiger partial charge on any atom is -0.344 e. The second kappa shape index (κ2) is 4.13. The van der Waals surface area contributed by atoms with E-state index in [4.69, 9.17) is 0 Å². The third-order valence-corrected chi connectivity index (χ3v) is 1.47. The summed E-state index contributed by atoms with van der Waals surface area (Å²) in [6, 6.07) is 0. The fourth-order valence-electron chi connectivity index (χ4n) is 0.872. The smallest absolute Gasteiger partial charge is 0.150 e. The first-order valence-corrected chi connectivity index (χ1v) is 4.00.